The Balaban J connectivity index is 2.30. The summed E-state index contributed by atoms with van der Waals surface area (Å²) in [4.78, 5) is 2.57. The maximum atomic E-state index is 5.55. The molecule has 1 fully saturated rings. The minimum atomic E-state index is 0.642. The third-order valence-corrected chi connectivity index (χ3v) is 3.78. The summed E-state index contributed by atoms with van der Waals surface area (Å²) in [5.74, 6) is 0. The molecular weight excluding hydrogens is 160 g/mol. The van der Waals surface area contributed by atoms with Crippen LogP contribution in [0, 0.1) is 5.41 Å². The van der Waals surface area contributed by atoms with Crippen molar-refractivity contribution in [3.05, 3.63) is 0 Å². The van der Waals surface area contributed by atoms with E-state index in [4.69, 9.17) is 5.73 Å². The second-order valence-corrected chi connectivity index (χ2v) is 4.54. The molecule has 0 aromatic carbocycles. The van der Waals surface area contributed by atoms with E-state index in [2.05, 4.69) is 25.7 Å². The minimum absolute atomic E-state index is 0.642. The number of rotatable bonds is 5. The van der Waals surface area contributed by atoms with Gasteiger partial charge in [-0.25, -0.2) is 0 Å². The van der Waals surface area contributed by atoms with Gasteiger partial charge in [0, 0.05) is 19.1 Å². The molecule has 0 aromatic rings. The average Bonchev–Trinajstić information content (AvgIpc) is 2.05. The van der Waals surface area contributed by atoms with E-state index in [1.807, 2.05) is 0 Å². The molecule has 1 aliphatic heterocycles. The lowest BCUT2D eigenvalue weighted by Gasteiger charge is -2.52. The van der Waals surface area contributed by atoms with Crippen LogP contribution in [-0.4, -0.2) is 30.6 Å². The molecule has 1 rings (SSSR count). The maximum Gasteiger partial charge on any atom is 0.00794 e. The zero-order valence-electron chi connectivity index (χ0n) is 9.34. The molecule has 78 valence electrons. The fourth-order valence-corrected chi connectivity index (χ4v) is 2.25. The largest absolute Gasteiger partial charge is 0.330 e. The Hall–Kier alpha value is -0.0800. The van der Waals surface area contributed by atoms with Gasteiger partial charge in [-0.3, -0.25) is 4.90 Å². The lowest BCUT2D eigenvalue weighted by atomic mass is 9.74. The molecule has 0 spiro atoms. The first-order valence-electron chi connectivity index (χ1n) is 5.61. The van der Waals surface area contributed by atoms with Crippen molar-refractivity contribution in [1.82, 2.24) is 4.90 Å². The lowest BCUT2D eigenvalue weighted by molar-refractivity contribution is -0.0334. The van der Waals surface area contributed by atoms with Crippen LogP contribution >= 0.6 is 0 Å². The third-order valence-electron chi connectivity index (χ3n) is 3.78. The zero-order chi connectivity index (χ0) is 9.90. The summed E-state index contributed by atoms with van der Waals surface area (Å²) in [7, 11) is 0. The highest BCUT2D eigenvalue weighted by molar-refractivity contribution is 4.94. The Labute approximate surface area is 82.5 Å². The van der Waals surface area contributed by atoms with Crippen LogP contribution in [0.2, 0.25) is 0 Å². The predicted octanol–water partition coefficient (Wildman–Crippen LogP) is 1.85. The Kier molecular flexibility index (Phi) is 3.74. The fraction of sp³-hybridized carbons (Fsp3) is 1.00. The summed E-state index contributed by atoms with van der Waals surface area (Å²) < 4.78 is 0. The summed E-state index contributed by atoms with van der Waals surface area (Å²) in [6.07, 6.45) is 3.80. The highest BCUT2D eigenvalue weighted by Crippen LogP contribution is 2.38. The van der Waals surface area contributed by atoms with E-state index in [-0.39, 0.29) is 0 Å². The summed E-state index contributed by atoms with van der Waals surface area (Å²) in [5, 5.41) is 0. The van der Waals surface area contributed by atoms with Gasteiger partial charge in [-0.15, -0.1) is 0 Å². The third kappa shape index (κ3) is 2.23. The average molecular weight is 184 g/mol. The van der Waals surface area contributed by atoms with Crippen LogP contribution in [0.4, 0.5) is 0 Å². The number of hydrogen-bond donors (Lipinski definition) is 1. The Morgan fingerprint density at radius 1 is 1.31 bits per heavy atom. The van der Waals surface area contributed by atoms with Crippen molar-refractivity contribution in [2.75, 3.05) is 19.6 Å². The molecular formula is C11H24N2. The normalized spacial score (nSPS) is 24.0. The van der Waals surface area contributed by atoms with Gasteiger partial charge in [0.05, 0.1) is 0 Å². The van der Waals surface area contributed by atoms with E-state index in [0.717, 1.165) is 13.0 Å². The van der Waals surface area contributed by atoms with Gasteiger partial charge in [-0.05, 0) is 38.1 Å². The van der Waals surface area contributed by atoms with Crippen LogP contribution in [-0.2, 0) is 0 Å². The maximum absolute atomic E-state index is 5.55. The Morgan fingerprint density at radius 3 is 2.23 bits per heavy atom. The summed E-state index contributed by atoms with van der Waals surface area (Å²) >= 11 is 0. The molecule has 0 bridgehead atoms. The highest BCUT2D eigenvalue weighted by Gasteiger charge is 2.41. The second-order valence-electron chi connectivity index (χ2n) is 4.54. The van der Waals surface area contributed by atoms with Crippen LogP contribution in [0.15, 0.2) is 0 Å². The highest BCUT2D eigenvalue weighted by atomic mass is 15.2. The van der Waals surface area contributed by atoms with E-state index in [0.29, 0.717) is 11.5 Å². The number of nitrogens with zero attached hydrogens (tertiary/aromatic N) is 1. The van der Waals surface area contributed by atoms with E-state index in [1.54, 1.807) is 0 Å². The van der Waals surface area contributed by atoms with Crippen LogP contribution in [0.5, 0.6) is 0 Å². The van der Waals surface area contributed by atoms with Crippen molar-refractivity contribution in [2.45, 2.75) is 46.1 Å². The van der Waals surface area contributed by atoms with E-state index < -0.39 is 0 Å². The zero-order valence-corrected chi connectivity index (χ0v) is 9.34. The monoisotopic (exact) mass is 184 g/mol. The number of likely N-dealkylation sites (tertiary alicyclic amines) is 1. The van der Waals surface area contributed by atoms with Crippen molar-refractivity contribution in [2.24, 2.45) is 11.1 Å². The smallest absolute Gasteiger partial charge is 0.00794 e. The minimum Gasteiger partial charge on any atom is -0.330 e. The van der Waals surface area contributed by atoms with Crippen molar-refractivity contribution < 1.29 is 0 Å². The molecule has 0 radical (unpaired) electrons. The first-order valence-corrected chi connectivity index (χ1v) is 5.61. The van der Waals surface area contributed by atoms with Gasteiger partial charge in [0.1, 0.15) is 0 Å². The van der Waals surface area contributed by atoms with Gasteiger partial charge in [0.2, 0.25) is 0 Å². The predicted molar refractivity (Wildman–Crippen MR) is 57.7 cm³/mol. The molecule has 2 heteroatoms. The lowest BCUT2D eigenvalue weighted by Crippen LogP contribution is -2.58. The van der Waals surface area contributed by atoms with Crippen LogP contribution in [0.1, 0.15) is 40.0 Å². The molecule has 0 aromatic heterocycles. The van der Waals surface area contributed by atoms with Crippen LogP contribution in [0.25, 0.3) is 0 Å². The molecule has 2 nitrogen and oxygen atoms in total. The van der Waals surface area contributed by atoms with Gasteiger partial charge in [-0.1, -0.05) is 13.8 Å². The van der Waals surface area contributed by atoms with Crippen LogP contribution < -0.4 is 5.73 Å². The molecule has 1 aliphatic rings. The molecule has 13 heavy (non-hydrogen) atoms. The first kappa shape index (κ1) is 11.0. The molecule has 0 saturated carbocycles. The molecule has 0 aliphatic carbocycles. The Morgan fingerprint density at radius 2 is 1.85 bits per heavy atom. The molecule has 1 unspecified atom stereocenters. The van der Waals surface area contributed by atoms with Crippen molar-refractivity contribution in [3.63, 3.8) is 0 Å². The molecule has 1 heterocycles. The van der Waals surface area contributed by atoms with Gasteiger partial charge in [0.25, 0.3) is 0 Å². The second kappa shape index (κ2) is 4.43. The van der Waals surface area contributed by atoms with Crippen molar-refractivity contribution in [1.29, 1.82) is 0 Å². The SMILES string of the molecule is CCC1(CC)CN(C(C)CCN)C1. The van der Waals surface area contributed by atoms with E-state index >= 15 is 0 Å². The van der Waals surface area contributed by atoms with Crippen molar-refractivity contribution >= 4 is 0 Å². The first-order chi connectivity index (χ1) is 6.17. The topological polar surface area (TPSA) is 29.3 Å². The van der Waals surface area contributed by atoms with Crippen molar-refractivity contribution in [3.8, 4) is 0 Å². The number of hydrogen-bond acceptors (Lipinski definition) is 2. The molecule has 1 saturated heterocycles. The van der Waals surface area contributed by atoms with E-state index in [1.165, 1.54) is 25.9 Å². The molecule has 2 N–H and O–H groups in total. The fourth-order valence-electron chi connectivity index (χ4n) is 2.25. The molecule has 1 atom stereocenters. The van der Waals surface area contributed by atoms with Gasteiger partial charge in [-0.2, -0.15) is 0 Å². The van der Waals surface area contributed by atoms with Gasteiger partial charge in [0.15, 0.2) is 0 Å². The quantitative estimate of drug-likeness (QED) is 0.706. The standard InChI is InChI=1S/C11H24N2/c1-4-11(5-2)8-13(9-11)10(3)6-7-12/h10H,4-9,12H2,1-3H3. The molecule has 0 amide bonds. The van der Waals surface area contributed by atoms with Gasteiger partial charge < -0.3 is 5.73 Å². The summed E-state index contributed by atoms with van der Waals surface area (Å²) in [6, 6.07) is 0.691. The number of nitrogens with two attached hydrogens (primary N) is 1. The van der Waals surface area contributed by atoms with Gasteiger partial charge >= 0.3 is 0 Å². The van der Waals surface area contributed by atoms with Crippen LogP contribution in [0.3, 0.4) is 0 Å². The Bertz CT molecular complexity index is 144. The summed E-state index contributed by atoms with van der Waals surface area (Å²) in [6.45, 7) is 10.3. The summed E-state index contributed by atoms with van der Waals surface area (Å²) in [5.41, 5.74) is 6.19. The van der Waals surface area contributed by atoms with E-state index in [9.17, 15) is 0 Å².